The summed E-state index contributed by atoms with van der Waals surface area (Å²) in [7, 11) is 1.81. The first kappa shape index (κ1) is 13.3. The summed E-state index contributed by atoms with van der Waals surface area (Å²) < 4.78 is 11.4. The van der Waals surface area contributed by atoms with Crippen molar-refractivity contribution in [2.75, 3.05) is 26.9 Å². The highest BCUT2D eigenvalue weighted by molar-refractivity contribution is 5.04. The van der Waals surface area contributed by atoms with Gasteiger partial charge in [0.2, 0.25) is 0 Å². The van der Waals surface area contributed by atoms with Gasteiger partial charge in [0.15, 0.2) is 0 Å². The number of rotatable bonds is 4. The summed E-state index contributed by atoms with van der Waals surface area (Å²) in [6.45, 7) is 9.41. The lowest BCUT2D eigenvalue weighted by Gasteiger charge is -2.37. The van der Waals surface area contributed by atoms with E-state index in [1.807, 2.05) is 7.11 Å². The van der Waals surface area contributed by atoms with E-state index in [0.717, 1.165) is 13.2 Å². The molecule has 0 radical (unpaired) electrons. The van der Waals surface area contributed by atoms with Gasteiger partial charge in [0.25, 0.3) is 0 Å². The monoisotopic (exact) mass is 241 g/mol. The summed E-state index contributed by atoms with van der Waals surface area (Å²) >= 11 is 0. The van der Waals surface area contributed by atoms with Crippen molar-refractivity contribution in [2.24, 2.45) is 0 Å². The molecule has 2 rings (SSSR count). The maximum absolute atomic E-state index is 6.06. The highest BCUT2D eigenvalue weighted by atomic mass is 16.5. The van der Waals surface area contributed by atoms with Gasteiger partial charge in [-0.25, -0.2) is 0 Å². The Morgan fingerprint density at radius 1 is 1.29 bits per heavy atom. The van der Waals surface area contributed by atoms with Crippen LogP contribution in [0, 0.1) is 0 Å². The number of nitrogens with zero attached hydrogens (tertiary/aromatic N) is 1. The first-order valence-electron chi connectivity index (χ1n) is 6.86. The van der Waals surface area contributed by atoms with Gasteiger partial charge in [-0.2, -0.15) is 0 Å². The average Bonchev–Trinajstić information content (AvgIpc) is 2.76. The van der Waals surface area contributed by atoms with Crippen molar-refractivity contribution in [1.82, 2.24) is 4.90 Å². The maximum atomic E-state index is 6.06. The molecule has 0 aromatic carbocycles. The molecule has 3 nitrogen and oxygen atoms in total. The zero-order chi connectivity index (χ0) is 12.5. The zero-order valence-electron chi connectivity index (χ0n) is 11.8. The largest absolute Gasteiger partial charge is 0.383 e. The standard InChI is InChI=1S/C14H27NO2/c1-13(2,3)17-11-14-7-5-9-15(14)12(6-8-14)10-16-4/h12H,5-11H2,1-4H3/t12?,14-/m0/s1. The quantitative estimate of drug-likeness (QED) is 0.754. The second-order valence-corrected chi connectivity index (χ2v) is 6.57. The topological polar surface area (TPSA) is 21.7 Å². The van der Waals surface area contributed by atoms with Gasteiger partial charge in [-0.3, -0.25) is 4.90 Å². The molecule has 3 heteroatoms. The van der Waals surface area contributed by atoms with Crippen molar-refractivity contribution in [2.45, 2.75) is 63.6 Å². The van der Waals surface area contributed by atoms with Gasteiger partial charge in [-0.1, -0.05) is 0 Å². The summed E-state index contributed by atoms with van der Waals surface area (Å²) in [4.78, 5) is 2.66. The third-order valence-electron chi connectivity index (χ3n) is 4.17. The van der Waals surface area contributed by atoms with Gasteiger partial charge >= 0.3 is 0 Å². The van der Waals surface area contributed by atoms with Crippen LogP contribution in [0.15, 0.2) is 0 Å². The van der Waals surface area contributed by atoms with Crippen LogP contribution < -0.4 is 0 Å². The van der Waals surface area contributed by atoms with E-state index in [4.69, 9.17) is 9.47 Å². The maximum Gasteiger partial charge on any atom is 0.0657 e. The van der Waals surface area contributed by atoms with Crippen molar-refractivity contribution in [3.05, 3.63) is 0 Å². The molecule has 0 amide bonds. The molecule has 0 aliphatic carbocycles. The molecule has 2 heterocycles. The molecule has 2 fully saturated rings. The lowest BCUT2D eigenvalue weighted by molar-refractivity contribution is -0.0597. The van der Waals surface area contributed by atoms with E-state index in [-0.39, 0.29) is 5.60 Å². The Morgan fingerprint density at radius 2 is 2.06 bits per heavy atom. The van der Waals surface area contributed by atoms with Crippen LogP contribution in [0.5, 0.6) is 0 Å². The third kappa shape index (κ3) is 2.83. The highest BCUT2D eigenvalue weighted by Crippen LogP contribution is 2.43. The Morgan fingerprint density at radius 3 is 2.71 bits per heavy atom. The van der Waals surface area contributed by atoms with E-state index in [2.05, 4.69) is 25.7 Å². The zero-order valence-corrected chi connectivity index (χ0v) is 11.8. The van der Waals surface area contributed by atoms with Gasteiger partial charge < -0.3 is 9.47 Å². The second kappa shape index (κ2) is 4.87. The van der Waals surface area contributed by atoms with Crippen LogP contribution in [0.25, 0.3) is 0 Å². The van der Waals surface area contributed by atoms with Crippen molar-refractivity contribution in [3.63, 3.8) is 0 Å². The van der Waals surface area contributed by atoms with Crippen molar-refractivity contribution in [1.29, 1.82) is 0 Å². The summed E-state index contributed by atoms with van der Waals surface area (Å²) in [5.41, 5.74) is 0.291. The summed E-state index contributed by atoms with van der Waals surface area (Å²) in [5, 5.41) is 0. The fourth-order valence-corrected chi connectivity index (χ4v) is 3.33. The molecule has 1 unspecified atom stereocenters. The van der Waals surface area contributed by atoms with Crippen LogP contribution >= 0.6 is 0 Å². The van der Waals surface area contributed by atoms with Crippen molar-refractivity contribution in [3.8, 4) is 0 Å². The number of fused-ring (bicyclic) bond motifs is 1. The van der Waals surface area contributed by atoms with Gasteiger partial charge in [-0.05, 0) is 53.0 Å². The Bertz CT molecular complexity index is 261. The fraction of sp³-hybridized carbons (Fsp3) is 1.00. The first-order valence-corrected chi connectivity index (χ1v) is 6.86. The Balaban J connectivity index is 1.99. The molecule has 17 heavy (non-hydrogen) atoms. The van der Waals surface area contributed by atoms with E-state index < -0.39 is 0 Å². The van der Waals surface area contributed by atoms with Crippen LogP contribution in [0.3, 0.4) is 0 Å². The molecule has 0 saturated carbocycles. The van der Waals surface area contributed by atoms with Gasteiger partial charge in [0.1, 0.15) is 0 Å². The fourth-order valence-electron chi connectivity index (χ4n) is 3.33. The van der Waals surface area contributed by atoms with E-state index in [1.165, 1.54) is 32.2 Å². The van der Waals surface area contributed by atoms with Crippen LogP contribution in [0.1, 0.15) is 46.5 Å². The van der Waals surface area contributed by atoms with Gasteiger partial charge in [0.05, 0.1) is 18.8 Å². The van der Waals surface area contributed by atoms with E-state index in [9.17, 15) is 0 Å². The summed E-state index contributed by atoms with van der Waals surface area (Å²) in [6, 6.07) is 0.617. The molecule has 0 aromatic heterocycles. The minimum atomic E-state index is -0.0254. The van der Waals surface area contributed by atoms with E-state index in [1.54, 1.807) is 0 Å². The highest BCUT2D eigenvalue weighted by Gasteiger charge is 2.49. The van der Waals surface area contributed by atoms with Crippen molar-refractivity contribution >= 4 is 0 Å². The third-order valence-corrected chi connectivity index (χ3v) is 4.17. The smallest absolute Gasteiger partial charge is 0.0657 e. The Hall–Kier alpha value is -0.120. The van der Waals surface area contributed by atoms with E-state index >= 15 is 0 Å². The van der Waals surface area contributed by atoms with Crippen LogP contribution in [0.4, 0.5) is 0 Å². The molecule has 0 N–H and O–H groups in total. The van der Waals surface area contributed by atoms with Gasteiger partial charge in [-0.15, -0.1) is 0 Å². The Labute approximate surface area is 105 Å². The second-order valence-electron chi connectivity index (χ2n) is 6.57. The van der Waals surface area contributed by atoms with Crippen LogP contribution in [0.2, 0.25) is 0 Å². The molecule has 2 atom stereocenters. The molecule has 2 aliphatic heterocycles. The molecule has 0 bridgehead atoms. The molecular formula is C14H27NO2. The normalized spacial score (nSPS) is 34.2. The molecule has 0 spiro atoms. The van der Waals surface area contributed by atoms with Crippen molar-refractivity contribution < 1.29 is 9.47 Å². The number of ether oxygens (including phenoxy) is 2. The van der Waals surface area contributed by atoms with Crippen LogP contribution in [-0.2, 0) is 9.47 Å². The molecule has 2 saturated heterocycles. The molecule has 0 aromatic rings. The summed E-state index contributed by atoms with van der Waals surface area (Å²) in [6.07, 6.45) is 5.15. The average molecular weight is 241 g/mol. The molecular weight excluding hydrogens is 214 g/mol. The lowest BCUT2D eigenvalue weighted by Crippen LogP contribution is -2.48. The molecule has 100 valence electrons. The van der Waals surface area contributed by atoms with E-state index in [0.29, 0.717) is 11.6 Å². The number of methoxy groups -OCH3 is 1. The minimum Gasteiger partial charge on any atom is -0.383 e. The lowest BCUT2D eigenvalue weighted by atomic mass is 9.95. The first-order chi connectivity index (χ1) is 7.97. The Kier molecular flexibility index (Phi) is 3.81. The van der Waals surface area contributed by atoms with Crippen LogP contribution in [-0.4, -0.2) is 49.0 Å². The number of hydrogen-bond donors (Lipinski definition) is 0. The minimum absolute atomic E-state index is 0.0254. The predicted molar refractivity (Wildman–Crippen MR) is 69.3 cm³/mol. The SMILES string of the molecule is COCC1CC[C@]2(COC(C)(C)C)CCCN12. The van der Waals surface area contributed by atoms with Gasteiger partial charge in [0, 0.05) is 18.7 Å². The molecule has 2 aliphatic rings. The number of hydrogen-bond acceptors (Lipinski definition) is 3. The predicted octanol–water partition coefficient (Wildman–Crippen LogP) is 2.44. The summed E-state index contributed by atoms with van der Waals surface area (Å²) in [5.74, 6) is 0.